The number of hydrogen-bond acceptors (Lipinski definition) is 9. The van der Waals surface area contributed by atoms with E-state index in [2.05, 4.69) is 25.5 Å². The quantitative estimate of drug-likeness (QED) is 0.0324. The van der Waals surface area contributed by atoms with Crippen molar-refractivity contribution >= 4 is 23.9 Å². The molecule has 2 aliphatic carbocycles. The van der Waals surface area contributed by atoms with Crippen molar-refractivity contribution < 1.29 is 131 Å². The van der Waals surface area contributed by atoms with E-state index in [1.54, 1.807) is 0 Å². The molecule has 0 N–H and O–H groups in total. The first kappa shape index (κ1) is 51.5. The second-order valence-electron chi connectivity index (χ2n) is 14.7. The molecule has 0 radical (unpaired) electrons. The molecule has 7 rings (SSSR count). The average Bonchev–Trinajstić information content (AvgIpc) is 3.79. The Hall–Kier alpha value is -6.94. The average molecular weight is 1020 g/mol. The van der Waals surface area contributed by atoms with Crippen molar-refractivity contribution in [3.05, 3.63) is 128 Å². The zero-order valence-electron chi connectivity index (χ0n) is 32.8. The van der Waals surface area contributed by atoms with Gasteiger partial charge in [0.05, 0.1) is 35.9 Å². The number of carbonyl (C=O) groups excluding carboxylic acids is 4. The van der Waals surface area contributed by atoms with Crippen LogP contribution in [-0.2, 0) is 23.9 Å². The Morgan fingerprint density at radius 2 is 0.522 bits per heavy atom. The summed E-state index contributed by atoms with van der Waals surface area (Å²) in [5.74, 6) is -71.4. The lowest BCUT2D eigenvalue weighted by Crippen LogP contribution is -2.32. The van der Waals surface area contributed by atoms with Crippen molar-refractivity contribution in [3.8, 4) is 23.0 Å². The maximum absolute atomic E-state index is 13.9. The number of epoxide rings is 1. The number of rotatable bonds is 8. The Morgan fingerprint density at radius 3 is 0.710 bits per heavy atom. The number of benzene rings is 4. The van der Waals surface area contributed by atoms with Gasteiger partial charge in [-0.1, -0.05) is 12.2 Å². The Morgan fingerprint density at radius 1 is 0.348 bits per heavy atom. The summed E-state index contributed by atoms with van der Waals surface area (Å²) in [6.45, 7) is 3.37. The van der Waals surface area contributed by atoms with Gasteiger partial charge in [0.25, 0.3) is 0 Å². The van der Waals surface area contributed by atoms with Gasteiger partial charge in [-0.05, 0) is 25.7 Å². The molecule has 0 unspecified atom stereocenters. The molecule has 1 heterocycles. The van der Waals surface area contributed by atoms with Crippen LogP contribution in [0, 0.1) is 140 Å². The van der Waals surface area contributed by atoms with Gasteiger partial charge in [-0.15, -0.1) is 0 Å². The second-order valence-corrected chi connectivity index (χ2v) is 14.7. The lowest BCUT2D eigenvalue weighted by molar-refractivity contribution is -0.149. The molecule has 1 spiro atoms. The van der Waals surface area contributed by atoms with E-state index in [4.69, 9.17) is 4.74 Å². The van der Waals surface area contributed by atoms with E-state index in [1.807, 2.05) is 0 Å². The van der Waals surface area contributed by atoms with Crippen LogP contribution in [0.4, 0.5) is 87.8 Å². The monoisotopic (exact) mass is 1020 g/mol. The number of halogens is 20. The summed E-state index contributed by atoms with van der Waals surface area (Å²) in [5, 5.41) is 0. The van der Waals surface area contributed by atoms with E-state index in [9.17, 15) is 107 Å². The molecule has 69 heavy (non-hydrogen) atoms. The summed E-state index contributed by atoms with van der Waals surface area (Å²) in [5.41, 5.74) is -1.11. The zero-order valence-corrected chi connectivity index (χ0v) is 32.8. The fourth-order valence-electron chi connectivity index (χ4n) is 6.89. The van der Waals surface area contributed by atoms with E-state index in [1.165, 1.54) is 0 Å². The first-order valence-corrected chi connectivity index (χ1v) is 18.3. The molecule has 370 valence electrons. The van der Waals surface area contributed by atoms with Crippen molar-refractivity contribution in [1.82, 2.24) is 0 Å². The summed E-state index contributed by atoms with van der Waals surface area (Å²) in [6.07, 6.45) is -1.77. The van der Waals surface area contributed by atoms with E-state index in [0.29, 0.717) is 0 Å². The molecule has 4 aromatic rings. The van der Waals surface area contributed by atoms with Crippen molar-refractivity contribution in [3.63, 3.8) is 0 Å². The van der Waals surface area contributed by atoms with Crippen LogP contribution in [0.2, 0.25) is 0 Å². The molecule has 1 saturated heterocycles. The molecule has 1 aliphatic heterocycles. The number of esters is 4. The highest BCUT2D eigenvalue weighted by Gasteiger charge is 2.60. The number of hydrogen-bond donors (Lipinski definition) is 0. The predicted octanol–water partition coefficient (Wildman–Crippen LogP) is 9.55. The fourth-order valence-corrected chi connectivity index (χ4v) is 6.89. The number of carbonyl (C=O) groups is 4. The molecular formula is C40H16F20O9. The van der Waals surface area contributed by atoms with Gasteiger partial charge in [0.2, 0.25) is 139 Å². The predicted molar refractivity (Wildman–Crippen MR) is 178 cm³/mol. The Bertz CT molecular complexity index is 2600. The summed E-state index contributed by atoms with van der Waals surface area (Å²) >= 11 is 0. The van der Waals surface area contributed by atoms with Crippen LogP contribution in [0.25, 0.3) is 0 Å². The van der Waals surface area contributed by atoms with Crippen molar-refractivity contribution in [2.24, 2.45) is 23.7 Å². The fraction of sp³-hybridized carbons (Fsp3) is 0.250. The van der Waals surface area contributed by atoms with E-state index < -0.39 is 218 Å². The van der Waals surface area contributed by atoms with Crippen LogP contribution in [0.3, 0.4) is 0 Å². The first-order chi connectivity index (χ1) is 32.1. The van der Waals surface area contributed by atoms with Crippen molar-refractivity contribution in [2.75, 3.05) is 6.61 Å². The number of ether oxygens (including phenoxy) is 5. The largest absolute Gasteiger partial charge is 0.420 e. The molecule has 3 aliphatic rings. The van der Waals surface area contributed by atoms with Gasteiger partial charge in [0.15, 0.2) is 0 Å². The second kappa shape index (κ2) is 18.9. The Balaban J connectivity index is 0.000000227. The molecule has 29 heteroatoms. The van der Waals surface area contributed by atoms with Crippen molar-refractivity contribution in [1.29, 1.82) is 0 Å². The molecule has 0 bridgehead atoms. The highest BCUT2D eigenvalue weighted by Crippen LogP contribution is 2.51. The van der Waals surface area contributed by atoms with E-state index in [-0.39, 0.29) is 12.2 Å². The van der Waals surface area contributed by atoms with Gasteiger partial charge >= 0.3 is 23.9 Å². The molecule has 4 atom stereocenters. The Labute approximate surface area is 367 Å². The van der Waals surface area contributed by atoms with Crippen LogP contribution < -0.4 is 18.9 Å². The molecule has 0 amide bonds. The van der Waals surface area contributed by atoms with Crippen molar-refractivity contribution in [2.45, 2.75) is 31.3 Å². The van der Waals surface area contributed by atoms with Gasteiger partial charge < -0.3 is 23.7 Å². The van der Waals surface area contributed by atoms with Crippen LogP contribution in [0.5, 0.6) is 23.0 Å². The van der Waals surface area contributed by atoms with Gasteiger partial charge in [-0.3, -0.25) is 19.2 Å². The maximum Gasteiger partial charge on any atom is 0.315 e. The molecule has 0 aromatic heterocycles. The smallest absolute Gasteiger partial charge is 0.315 e. The van der Waals surface area contributed by atoms with Crippen LogP contribution in [0.1, 0.15) is 25.7 Å². The zero-order chi connectivity index (χ0) is 51.6. The minimum atomic E-state index is -2.53. The lowest BCUT2D eigenvalue weighted by atomic mass is 9.96. The number of allylic oxidation sites excluding steroid dienone is 1. The minimum absolute atomic E-state index is 0.0639. The third-order valence-electron chi connectivity index (χ3n) is 10.4. The van der Waals surface area contributed by atoms with Gasteiger partial charge in [0, 0.05) is 0 Å². The SMILES string of the molecule is C=C1C[C@@H](C(=O)Oc2c(F)c(F)c(F)c(F)c2F)[C@H](C(=O)Oc2c(F)c(F)c(F)c(F)c2F)C1.O=C(Oc1c(F)c(F)c(F)c(F)c1F)[C@@H]1CC2(CO2)C[C@H]1C(=O)Oc1c(F)c(F)c(F)c(F)c1F. The van der Waals surface area contributed by atoms with Gasteiger partial charge in [0.1, 0.15) is 0 Å². The molecular weight excluding hydrogens is 1000 g/mol. The molecule has 3 fully saturated rings. The standard InChI is InChI=1S/C20H8F10O5.C20H8F10O4/c21-6-8(23)12(27)16(13(28)9(6)24)34-18(31)4-1-20(3-33-20)2-5(4)19(32)35-17-14(29)10(25)7(22)11(26)15(17)30;1-4-2-5(19(31)33-17-13(27)9(23)7(21)10(24)14(17)28)6(3-4)20(32)34-18-15(29)11(25)8(22)12(26)16(18)30/h4-5H,1-3H2;5-6H,1-3H2/t4-,5-;5-,6-/m11/s1. The lowest BCUT2D eigenvalue weighted by Gasteiger charge is -2.18. The van der Waals surface area contributed by atoms with Crippen LogP contribution >= 0.6 is 0 Å². The summed E-state index contributed by atoms with van der Waals surface area (Å²) < 4.78 is 292. The molecule has 9 nitrogen and oxygen atoms in total. The molecule has 2 saturated carbocycles. The highest BCUT2D eigenvalue weighted by atomic mass is 19.2. The third kappa shape index (κ3) is 9.21. The Kier molecular flexibility index (Phi) is 14.1. The topological polar surface area (TPSA) is 118 Å². The maximum atomic E-state index is 13.9. The molecule has 4 aromatic carbocycles. The third-order valence-corrected chi connectivity index (χ3v) is 10.4. The van der Waals surface area contributed by atoms with Crippen LogP contribution in [0.15, 0.2) is 12.2 Å². The highest BCUT2D eigenvalue weighted by molar-refractivity contribution is 5.87. The minimum Gasteiger partial charge on any atom is -0.420 e. The summed E-state index contributed by atoms with van der Waals surface area (Å²) in [4.78, 5) is 49.8. The normalized spacial score (nSPS) is 19.0. The van der Waals surface area contributed by atoms with Gasteiger partial charge in [-0.25, -0.2) is 52.7 Å². The van der Waals surface area contributed by atoms with Gasteiger partial charge in [-0.2, -0.15) is 35.1 Å². The van der Waals surface area contributed by atoms with Crippen LogP contribution in [-0.4, -0.2) is 36.1 Å². The first-order valence-electron chi connectivity index (χ1n) is 18.3. The summed E-state index contributed by atoms with van der Waals surface area (Å²) in [6, 6.07) is 0. The van der Waals surface area contributed by atoms with E-state index >= 15 is 0 Å². The summed E-state index contributed by atoms with van der Waals surface area (Å²) in [7, 11) is 0. The van der Waals surface area contributed by atoms with E-state index in [0.717, 1.165) is 0 Å².